The molecule has 1 fully saturated rings. The van der Waals surface area contributed by atoms with Gasteiger partial charge in [-0.05, 0) is 43.7 Å². The highest BCUT2D eigenvalue weighted by molar-refractivity contribution is 5.88. The number of nitrogens with zero attached hydrogens (tertiary/aromatic N) is 2. The molecule has 1 heterocycles. The fraction of sp³-hybridized carbons (Fsp3) is 0.444. The Labute approximate surface area is 135 Å². The van der Waals surface area contributed by atoms with E-state index in [1.165, 1.54) is 17.3 Å². The molecular formula is C18H22N2O3. The highest BCUT2D eigenvalue weighted by Gasteiger charge is 2.23. The van der Waals surface area contributed by atoms with E-state index in [2.05, 4.69) is 5.10 Å². The lowest BCUT2D eigenvalue weighted by atomic mass is 9.98. The lowest BCUT2D eigenvalue weighted by Crippen LogP contribution is -2.21. The van der Waals surface area contributed by atoms with Crippen LogP contribution in [0.3, 0.4) is 0 Å². The number of rotatable bonds is 5. The summed E-state index contributed by atoms with van der Waals surface area (Å²) in [5.74, 6) is -0.611. The van der Waals surface area contributed by atoms with Crippen molar-refractivity contribution in [1.82, 2.24) is 9.78 Å². The first-order valence-corrected chi connectivity index (χ1v) is 8.15. The third-order valence-corrected chi connectivity index (χ3v) is 4.44. The van der Waals surface area contributed by atoms with Gasteiger partial charge in [0.1, 0.15) is 0 Å². The van der Waals surface area contributed by atoms with E-state index < -0.39 is 5.97 Å². The van der Waals surface area contributed by atoms with E-state index in [0.717, 1.165) is 36.8 Å². The quantitative estimate of drug-likeness (QED) is 0.915. The fourth-order valence-electron chi connectivity index (χ4n) is 3.10. The van der Waals surface area contributed by atoms with Crippen LogP contribution in [0, 0.1) is 6.92 Å². The zero-order chi connectivity index (χ0) is 16.2. The van der Waals surface area contributed by atoms with Gasteiger partial charge in [0.2, 0.25) is 0 Å². The van der Waals surface area contributed by atoms with Crippen molar-refractivity contribution in [3.8, 4) is 5.75 Å². The van der Waals surface area contributed by atoms with Gasteiger partial charge in [-0.2, -0.15) is 5.10 Å². The lowest BCUT2D eigenvalue weighted by Gasteiger charge is -2.22. The largest absolute Gasteiger partial charge is 0.486 e. The van der Waals surface area contributed by atoms with E-state index >= 15 is 0 Å². The van der Waals surface area contributed by atoms with Crippen molar-refractivity contribution >= 4 is 5.97 Å². The monoisotopic (exact) mass is 314 g/mol. The molecule has 23 heavy (non-hydrogen) atoms. The molecule has 1 aromatic carbocycles. The summed E-state index contributed by atoms with van der Waals surface area (Å²) in [4.78, 5) is 11.7. The van der Waals surface area contributed by atoms with E-state index in [1.54, 1.807) is 0 Å². The number of hydrogen-bond donors (Lipinski definition) is 1. The fourth-order valence-corrected chi connectivity index (χ4v) is 3.10. The normalized spacial score (nSPS) is 15.5. The first-order valence-electron chi connectivity index (χ1n) is 8.15. The van der Waals surface area contributed by atoms with Gasteiger partial charge in [-0.1, -0.05) is 30.7 Å². The van der Waals surface area contributed by atoms with Gasteiger partial charge < -0.3 is 9.84 Å². The Bertz CT molecular complexity index is 687. The van der Waals surface area contributed by atoms with E-state index in [1.807, 2.05) is 31.2 Å². The molecule has 1 N–H and O–H groups in total. The van der Waals surface area contributed by atoms with Crippen LogP contribution in [0.5, 0.6) is 5.75 Å². The third-order valence-electron chi connectivity index (χ3n) is 4.44. The number of aromatic carboxylic acids is 1. The predicted octanol–water partition coefficient (Wildman–Crippen LogP) is 3.65. The number of aromatic nitrogens is 2. The molecule has 0 aliphatic heterocycles. The van der Waals surface area contributed by atoms with Crippen molar-refractivity contribution in [2.45, 2.75) is 51.7 Å². The molecule has 1 aromatic heterocycles. The van der Waals surface area contributed by atoms with Crippen molar-refractivity contribution in [3.63, 3.8) is 0 Å². The zero-order valence-electron chi connectivity index (χ0n) is 13.4. The number of carboxylic acid groups (broad SMARTS) is 1. The molecule has 0 atom stereocenters. The number of benzene rings is 1. The minimum Gasteiger partial charge on any atom is -0.486 e. The maximum atomic E-state index is 11.7. The number of ether oxygens (including phenoxy) is 1. The lowest BCUT2D eigenvalue weighted by molar-refractivity contribution is 0.0672. The average Bonchev–Trinajstić information content (AvgIpc) is 2.93. The second kappa shape index (κ2) is 6.86. The number of hydrogen-bond acceptors (Lipinski definition) is 3. The molecule has 3 rings (SSSR count). The van der Waals surface area contributed by atoms with E-state index in [9.17, 15) is 9.90 Å². The van der Waals surface area contributed by atoms with Crippen LogP contribution in [-0.2, 0) is 6.54 Å². The van der Waals surface area contributed by atoms with Crippen LogP contribution >= 0.6 is 0 Å². The Morgan fingerprint density at radius 3 is 2.74 bits per heavy atom. The molecule has 122 valence electrons. The molecule has 1 aliphatic carbocycles. The van der Waals surface area contributed by atoms with Gasteiger partial charge in [-0.15, -0.1) is 0 Å². The summed E-state index contributed by atoms with van der Waals surface area (Å²) in [5, 5.41) is 13.8. The molecular weight excluding hydrogens is 292 g/mol. The Balaban J connectivity index is 1.83. The molecule has 0 amide bonds. The van der Waals surface area contributed by atoms with Crippen LogP contribution in [0.25, 0.3) is 0 Å². The molecule has 5 heteroatoms. The topological polar surface area (TPSA) is 64.4 Å². The summed E-state index contributed by atoms with van der Waals surface area (Å²) in [6.07, 6.45) is 7.14. The Morgan fingerprint density at radius 2 is 2.04 bits per heavy atom. The van der Waals surface area contributed by atoms with Crippen LogP contribution in [0.2, 0.25) is 0 Å². The van der Waals surface area contributed by atoms with Crippen LogP contribution in [0.4, 0.5) is 0 Å². The van der Waals surface area contributed by atoms with Gasteiger partial charge in [0.15, 0.2) is 11.4 Å². The van der Waals surface area contributed by atoms with Crippen LogP contribution in [0.1, 0.15) is 53.7 Å². The molecule has 0 spiro atoms. The van der Waals surface area contributed by atoms with Crippen molar-refractivity contribution in [2.24, 2.45) is 0 Å². The molecule has 0 bridgehead atoms. The highest BCUT2D eigenvalue weighted by atomic mass is 16.5. The third kappa shape index (κ3) is 3.55. The maximum absolute atomic E-state index is 11.7. The summed E-state index contributed by atoms with van der Waals surface area (Å²) < 4.78 is 7.45. The Hall–Kier alpha value is -2.30. The van der Waals surface area contributed by atoms with Crippen molar-refractivity contribution in [2.75, 3.05) is 0 Å². The van der Waals surface area contributed by atoms with Crippen LogP contribution < -0.4 is 4.74 Å². The van der Waals surface area contributed by atoms with Crippen molar-refractivity contribution in [3.05, 3.63) is 47.3 Å². The van der Waals surface area contributed by atoms with E-state index in [-0.39, 0.29) is 11.8 Å². The number of aryl methyl sites for hydroxylation is 1. The summed E-state index contributed by atoms with van der Waals surface area (Å²) in [6, 6.07) is 7.92. The summed E-state index contributed by atoms with van der Waals surface area (Å²) in [6.45, 7) is 2.45. The summed E-state index contributed by atoms with van der Waals surface area (Å²) in [7, 11) is 0. The summed E-state index contributed by atoms with van der Waals surface area (Å²) in [5.41, 5.74) is 2.32. The highest BCUT2D eigenvalue weighted by Crippen LogP contribution is 2.26. The van der Waals surface area contributed by atoms with Crippen molar-refractivity contribution in [1.29, 1.82) is 0 Å². The standard InChI is InChI=1S/C18H22N2O3/c1-13-7-5-6-8-14(13)12-20-17(18(21)22)16(11-19-20)23-15-9-3-2-4-10-15/h5-8,11,15H,2-4,9-10,12H2,1H3,(H,21,22). The smallest absolute Gasteiger partial charge is 0.358 e. The maximum Gasteiger partial charge on any atom is 0.358 e. The first kappa shape index (κ1) is 15.6. The van der Waals surface area contributed by atoms with E-state index in [0.29, 0.717) is 12.3 Å². The molecule has 1 aliphatic rings. The first-order chi connectivity index (χ1) is 11.1. The summed E-state index contributed by atoms with van der Waals surface area (Å²) >= 11 is 0. The molecule has 5 nitrogen and oxygen atoms in total. The molecule has 0 radical (unpaired) electrons. The van der Waals surface area contributed by atoms with Gasteiger partial charge in [-0.3, -0.25) is 4.68 Å². The Morgan fingerprint density at radius 1 is 1.30 bits per heavy atom. The van der Waals surface area contributed by atoms with Gasteiger partial charge in [0.25, 0.3) is 0 Å². The molecule has 1 saturated carbocycles. The molecule has 0 saturated heterocycles. The SMILES string of the molecule is Cc1ccccc1Cn1ncc(OC2CCCCC2)c1C(=O)O. The van der Waals surface area contributed by atoms with Gasteiger partial charge in [0, 0.05) is 0 Å². The van der Waals surface area contributed by atoms with Gasteiger partial charge in [-0.25, -0.2) is 4.79 Å². The van der Waals surface area contributed by atoms with Crippen LogP contribution in [-0.4, -0.2) is 27.0 Å². The minimum absolute atomic E-state index is 0.109. The number of carboxylic acids is 1. The number of carbonyl (C=O) groups is 1. The molecule has 2 aromatic rings. The van der Waals surface area contributed by atoms with E-state index in [4.69, 9.17) is 4.74 Å². The van der Waals surface area contributed by atoms with Gasteiger partial charge >= 0.3 is 5.97 Å². The Kier molecular flexibility index (Phi) is 4.65. The zero-order valence-corrected chi connectivity index (χ0v) is 13.4. The second-order valence-corrected chi connectivity index (χ2v) is 6.12. The van der Waals surface area contributed by atoms with Crippen LogP contribution in [0.15, 0.2) is 30.5 Å². The van der Waals surface area contributed by atoms with Crippen molar-refractivity contribution < 1.29 is 14.6 Å². The predicted molar refractivity (Wildman–Crippen MR) is 87.0 cm³/mol. The minimum atomic E-state index is -0.998. The average molecular weight is 314 g/mol. The van der Waals surface area contributed by atoms with Gasteiger partial charge in [0.05, 0.1) is 18.8 Å². The second-order valence-electron chi connectivity index (χ2n) is 6.12. The molecule has 0 unspecified atom stereocenters.